The number of phenolic OH excluding ortho intramolecular Hbond substituents is 1. The number of benzene rings is 2. The minimum Gasteiger partial charge on any atom is -0.507 e. The van der Waals surface area contributed by atoms with Crippen molar-refractivity contribution in [2.45, 2.75) is 0 Å². The highest BCUT2D eigenvalue weighted by Crippen LogP contribution is 2.23. The van der Waals surface area contributed by atoms with E-state index in [-0.39, 0.29) is 23.1 Å². The van der Waals surface area contributed by atoms with Gasteiger partial charge in [-0.15, -0.1) is 0 Å². The molecule has 0 aromatic heterocycles. The lowest BCUT2D eigenvalue weighted by Gasteiger charge is -2.35. The maximum Gasteiger partial charge on any atom is 0.257 e. The molecule has 1 aliphatic rings. The minimum absolute atomic E-state index is 0.0784. The second-order valence-electron chi connectivity index (χ2n) is 5.97. The molecule has 0 atom stereocenters. The van der Waals surface area contributed by atoms with Crippen LogP contribution in [0.25, 0.3) is 0 Å². The van der Waals surface area contributed by atoms with E-state index in [2.05, 4.69) is 0 Å². The summed E-state index contributed by atoms with van der Waals surface area (Å²) in [5.41, 5.74) is 0.755. The Hall–Kier alpha value is -2.73. The summed E-state index contributed by atoms with van der Waals surface area (Å²) in [4.78, 5) is 28.5. The molecule has 2 amide bonds. The number of ether oxygens (including phenoxy) is 1. The highest BCUT2D eigenvalue weighted by molar-refractivity contribution is 6.31. The average molecular weight is 375 g/mol. The summed E-state index contributed by atoms with van der Waals surface area (Å²) >= 11 is 5.91. The highest BCUT2D eigenvalue weighted by atomic mass is 35.5. The number of halogens is 1. The number of phenols is 1. The quantitative estimate of drug-likeness (QED) is 0.896. The Morgan fingerprint density at radius 3 is 2.12 bits per heavy atom. The zero-order valence-electron chi connectivity index (χ0n) is 14.3. The van der Waals surface area contributed by atoms with Gasteiger partial charge in [-0.25, -0.2) is 0 Å². The summed E-state index contributed by atoms with van der Waals surface area (Å²) in [6.45, 7) is 1.65. The number of piperazine rings is 1. The van der Waals surface area contributed by atoms with Crippen LogP contribution >= 0.6 is 11.6 Å². The summed E-state index contributed by atoms with van der Waals surface area (Å²) in [6.07, 6.45) is 0. The van der Waals surface area contributed by atoms with Gasteiger partial charge in [0.15, 0.2) is 0 Å². The molecule has 0 unspecified atom stereocenters. The van der Waals surface area contributed by atoms with Gasteiger partial charge >= 0.3 is 0 Å². The first-order valence-corrected chi connectivity index (χ1v) is 8.58. The van der Waals surface area contributed by atoms with Gasteiger partial charge in [0.05, 0.1) is 12.7 Å². The van der Waals surface area contributed by atoms with Gasteiger partial charge in [0, 0.05) is 36.8 Å². The lowest BCUT2D eigenvalue weighted by Crippen LogP contribution is -2.50. The third-order valence-corrected chi connectivity index (χ3v) is 4.62. The first-order valence-electron chi connectivity index (χ1n) is 8.20. The Kier molecular flexibility index (Phi) is 5.32. The van der Waals surface area contributed by atoms with Crippen LogP contribution in [0.5, 0.6) is 11.5 Å². The van der Waals surface area contributed by atoms with E-state index in [1.165, 1.54) is 18.2 Å². The Morgan fingerprint density at radius 2 is 1.54 bits per heavy atom. The molecule has 0 bridgehead atoms. The molecule has 2 aromatic carbocycles. The number of methoxy groups -OCH3 is 1. The van der Waals surface area contributed by atoms with Crippen LogP contribution in [0, 0.1) is 0 Å². The molecule has 0 spiro atoms. The fraction of sp³-hybridized carbons (Fsp3) is 0.263. The van der Waals surface area contributed by atoms with Crippen molar-refractivity contribution in [2.24, 2.45) is 0 Å². The van der Waals surface area contributed by atoms with Gasteiger partial charge in [0.25, 0.3) is 11.8 Å². The second kappa shape index (κ2) is 7.66. The molecule has 3 rings (SSSR count). The number of aromatic hydroxyl groups is 1. The Bertz CT molecular complexity index is 815. The highest BCUT2D eigenvalue weighted by Gasteiger charge is 2.26. The summed E-state index contributed by atoms with van der Waals surface area (Å²) in [6, 6.07) is 11.3. The summed E-state index contributed by atoms with van der Waals surface area (Å²) in [5.74, 6) is 0.223. The van der Waals surface area contributed by atoms with Crippen molar-refractivity contribution < 1.29 is 19.4 Å². The fourth-order valence-electron chi connectivity index (χ4n) is 2.88. The SMILES string of the molecule is COc1ccc(C(=O)N2CCN(C(=O)c3cc(Cl)ccc3O)CC2)cc1. The molecular weight excluding hydrogens is 356 g/mol. The number of hydrogen-bond donors (Lipinski definition) is 1. The molecule has 7 heteroatoms. The van der Waals surface area contributed by atoms with Crippen molar-refractivity contribution >= 4 is 23.4 Å². The lowest BCUT2D eigenvalue weighted by molar-refractivity contribution is 0.0533. The molecule has 2 aromatic rings. The molecular formula is C19H19ClN2O4. The number of carbonyl (C=O) groups is 2. The lowest BCUT2D eigenvalue weighted by atomic mass is 10.1. The molecule has 1 fully saturated rings. The maximum atomic E-state index is 12.6. The molecule has 0 radical (unpaired) electrons. The summed E-state index contributed by atoms with van der Waals surface area (Å²) in [7, 11) is 1.57. The Labute approximate surface area is 156 Å². The zero-order valence-corrected chi connectivity index (χ0v) is 15.1. The van der Waals surface area contributed by atoms with Crippen LogP contribution in [0.2, 0.25) is 5.02 Å². The molecule has 0 aliphatic carbocycles. The van der Waals surface area contributed by atoms with Crippen LogP contribution in [0.15, 0.2) is 42.5 Å². The van der Waals surface area contributed by atoms with Crippen LogP contribution in [0.1, 0.15) is 20.7 Å². The minimum atomic E-state index is -0.290. The van der Waals surface area contributed by atoms with Gasteiger partial charge in [-0.1, -0.05) is 11.6 Å². The van der Waals surface area contributed by atoms with Crippen molar-refractivity contribution in [3.63, 3.8) is 0 Å². The van der Waals surface area contributed by atoms with E-state index in [1.54, 1.807) is 41.2 Å². The molecule has 1 aliphatic heterocycles. The van der Waals surface area contributed by atoms with Gasteiger partial charge in [0.1, 0.15) is 11.5 Å². The van der Waals surface area contributed by atoms with Crippen LogP contribution in [0.4, 0.5) is 0 Å². The monoisotopic (exact) mass is 374 g/mol. The summed E-state index contributed by atoms with van der Waals surface area (Å²) in [5, 5.41) is 10.3. The molecule has 1 saturated heterocycles. The third kappa shape index (κ3) is 3.75. The zero-order chi connectivity index (χ0) is 18.7. The number of rotatable bonds is 3. The van der Waals surface area contributed by atoms with E-state index in [9.17, 15) is 14.7 Å². The first-order chi connectivity index (χ1) is 12.5. The molecule has 1 heterocycles. The van der Waals surface area contributed by atoms with Crippen molar-refractivity contribution in [1.29, 1.82) is 0 Å². The van der Waals surface area contributed by atoms with Crippen LogP contribution in [0.3, 0.4) is 0 Å². The van der Waals surface area contributed by atoms with Crippen LogP contribution in [-0.4, -0.2) is 60.0 Å². The van der Waals surface area contributed by atoms with E-state index >= 15 is 0 Å². The second-order valence-corrected chi connectivity index (χ2v) is 6.41. The van der Waals surface area contributed by atoms with Gasteiger partial charge in [-0.2, -0.15) is 0 Å². The molecule has 1 N–H and O–H groups in total. The normalized spacial score (nSPS) is 14.2. The molecule has 136 valence electrons. The van der Waals surface area contributed by atoms with Gasteiger partial charge in [0.2, 0.25) is 0 Å². The first kappa shape index (κ1) is 18.1. The van der Waals surface area contributed by atoms with Crippen LogP contribution in [-0.2, 0) is 0 Å². The van der Waals surface area contributed by atoms with Crippen LogP contribution < -0.4 is 4.74 Å². The predicted octanol–water partition coefficient (Wildman–Crippen LogP) is 2.65. The molecule has 26 heavy (non-hydrogen) atoms. The third-order valence-electron chi connectivity index (χ3n) is 4.38. The maximum absolute atomic E-state index is 12.6. The van der Waals surface area contributed by atoms with E-state index in [4.69, 9.17) is 16.3 Å². The Balaban J connectivity index is 1.64. The topological polar surface area (TPSA) is 70.1 Å². The fourth-order valence-corrected chi connectivity index (χ4v) is 3.05. The Morgan fingerprint density at radius 1 is 0.962 bits per heavy atom. The predicted molar refractivity (Wildman–Crippen MR) is 97.9 cm³/mol. The largest absolute Gasteiger partial charge is 0.507 e. The number of carbonyl (C=O) groups excluding carboxylic acids is 2. The molecule has 6 nitrogen and oxygen atoms in total. The van der Waals surface area contributed by atoms with E-state index < -0.39 is 0 Å². The van der Waals surface area contributed by atoms with Gasteiger partial charge < -0.3 is 19.6 Å². The smallest absolute Gasteiger partial charge is 0.257 e. The van der Waals surface area contributed by atoms with Gasteiger partial charge in [-0.05, 0) is 42.5 Å². The summed E-state index contributed by atoms with van der Waals surface area (Å²) < 4.78 is 5.10. The molecule has 0 saturated carbocycles. The number of amides is 2. The van der Waals surface area contributed by atoms with Crippen molar-refractivity contribution in [3.05, 3.63) is 58.6 Å². The van der Waals surface area contributed by atoms with E-state index in [0.29, 0.717) is 42.5 Å². The number of hydrogen-bond acceptors (Lipinski definition) is 4. The van der Waals surface area contributed by atoms with E-state index in [0.717, 1.165) is 0 Å². The van der Waals surface area contributed by atoms with Crippen molar-refractivity contribution in [1.82, 2.24) is 9.80 Å². The van der Waals surface area contributed by atoms with E-state index in [1.807, 2.05) is 0 Å². The standard InChI is InChI=1S/C19H19ClN2O4/c1-26-15-5-2-13(3-6-15)18(24)21-8-10-22(11-9-21)19(25)16-12-14(20)4-7-17(16)23/h2-7,12,23H,8-11H2,1H3. The van der Waals surface area contributed by atoms with Gasteiger partial charge in [-0.3, -0.25) is 9.59 Å². The van der Waals surface area contributed by atoms with Crippen molar-refractivity contribution in [3.8, 4) is 11.5 Å². The average Bonchev–Trinajstić information content (AvgIpc) is 2.69. The van der Waals surface area contributed by atoms with Crippen molar-refractivity contribution in [2.75, 3.05) is 33.3 Å². The number of nitrogens with zero attached hydrogens (tertiary/aromatic N) is 2.